The van der Waals surface area contributed by atoms with Crippen LogP contribution in [-0.4, -0.2) is 19.1 Å². The van der Waals surface area contributed by atoms with E-state index in [0.29, 0.717) is 0 Å². The third kappa shape index (κ3) is 4.46. The fourth-order valence-electron chi connectivity index (χ4n) is 6.53. The van der Waals surface area contributed by atoms with E-state index in [-0.39, 0.29) is 0 Å². The maximum atomic E-state index is 5.17. The summed E-state index contributed by atoms with van der Waals surface area (Å²) >= 11 is 0. The maximum absolute atomic E-state index is 5.17. The highest BCUT2D eigenvalue weighted by molar-refractivity contribution is 6.09. The number of nitrogens with zero attached hydrogens (tertiary/aromatic N) is 4. The molecule has 0 N–H and O–H groups in total. The number of fused-ring (bicyclic) bond motifs is 6. The number of aromatic nitrogens is 4. The first-order valence-corrected chi connectivity index (χ1v) is 15.9. The Labute approximate surface area is 267 Å². The van der Waals surface area contributed by atoms with Crippen LogP contribution in [0.25, 0.3) is 77.8 Å². The Morgan fingerprint density at radius 2 is 0.783 bits per heavy atom. The first kappa shape index (κ1) is 27.5. The second-order valence-corrected chi connectivity index (χ2v) is 11.1. The molecule has 0 aliphatic heterocycles. The molecule has 0 saturated heterocycles. The number of para-hydroxylation sites is 2. The third-order valence-electron chi connectivity index (χ3n) is 8.52. The van der Waals surface area contributed by atoms with Gasteiger partial charge in [-0.15, -0.1) is 0 Å². The van der Waals surface area contributed by atoms with Crippen LogP contribution < -0.4 is 0 Å². The summed E-state index contributed by atoms with van der Waals surface area (Å²) in [6, 6.07) is 55.3. The normalized spacial score (nSPS) is 11.3. The molecule has 0 bridgehead atoms. The lowest BCUT2D eigenvalue weighted by Crippen LogP contribution is -1.99. The third-order valence-corrected chi connectivity index (χ3v) is 8.52. The van der Waals surface area contributed by atoms with E-state index in [4.69, 9.17) is 9.97 Å². The van der Waals surface area contributed by atoms with Gasteiger partial charge in [0.25, 0.3) is 0 Å². The van der Waals surface area contributed by atoms with Gasteiger partial charge >= 0.3 is 0 Å². The Hall–Kier alpha value is -6.00. The molecule has 0 amide bonds. The average molecular weight is 593 g/mol. The molecule has 46 heavy (non-hydrogen) atoms. The van der Waals surface area contributed by atoms with Gasteiger partial charge in [-0.2, -0.15) is 0 Å². The molecule has 0 saturated carbocycles. The first-order chi connectivity index (χ1) is 22.8. The summed E-state index contributed by atoms with van der Waals surface area (Å²) in [5.74, 6) is 0. The van der Waals surface area contributed by atoms with E-state index in [1.807, 2.05) is 26.0 Å². The summed E-state index contributed by atoms with van der Waals surface area (Å²) in [7, 11) is 0. The van der Waals surface area contributed by atoms with Crippen LogP contribution in [-0.2, 0) is 0 Å². The van der Waals surface area contributed by atoms with Crippen molar-refractivity contribution < 1.29 is 0 Å². The van der Waals surface area contributed by atoms with Crippen molar-refractivity contribution in [1.29, 1.82) is 0 Å². The number of benzene rings is 5. The molecule has 0 unspecified atom stereocenters. The summed E-state index contributed by atoms with van der Waals surface area (Å²) < 4.78 is 4.66. The van der Waals surface area contributed by atoms with Crippen LogP contribution in [0.5, 0.6) is 0 Å². The molecular formula is C42H32N4. The van der Waals surface area contributed by atoms with Crippen LogP contribution in [0, 0.1) is 0 Å². The molecule has 220 valence electrons. The molecular weight excluding hydrogens is 560 g/mol. The van der Waals surface area contributed by atoms with Gasteiger partial charge in [0.2, 0.25) is 0 Å². The van der Waals surface area contributed by atoms with Crippen LogP contribution in [0.2, 0.25) is 0 Å². The minimum absolute atomic E-state index is 0.974. The first-order valence-electron chi connectivity index (χ1n) is 15.9. The molecule has 4 heterocycles. The number of hydrogen-bond acceptors (Lipinski definition) is 2. The molecule has 0 spiro atoms. The molecule has 5 aromatic carbocycles. The van der Waals surface area contributed by atoms with Crippen molar-refractivity contribution in [2.75, 3.05) is 0 Å². The number of pyridine rings is 2. The van der Waals surface area contributed by atoms with Crippen LogP contribution in [0.3, 0.4) is 0 Å². The Morgan fingerprint density at radius 3 is 1.24 bits per heavy atom. The molecule has 9 rings (SSSR count). The van der Waals surface area contributed by atoms with E-state index in [9.17, 15) is 0 Å². The summed E-state index contributed by atoms with van der Waals surface area (Å²) in [6.45, 7) is 4.00. The molecule has 0 aliphatic carbocycles. The number of rotatable bonds is 4. The lowest BCUT2D eigenvalue weighted by atomic mass is 10.1. The van der Waals surface area contributed by atoms with Crippen molar-refractivity contribution in [2.45, 2.75) is 13.8 Å². The zero-order valence-corrected chi connectivity index (χ0v) is 25.8. The Kier molecular flexibility index (Phi) is 6.88. The van der Waals surface area contributed by atoms with Crippen LogP contribution in [0.15, 0.2) is 158 Å². The van der Waals surface area contributed by atoms with E-state index in [0.717, 1.165) is 77.8 Å². The Bertz CT molecular complexity index is 2320. The Morgan fingerprint density at radius 1 is 0.370 bits per heavy atom. The van der Waals surface area contributed by atoms with Crippen molar-refractivity contribution in [3.05, 3.63) is 158 Å². The summed E-state index contributed by atoms with van der Waals surface area (Å²) in [6.07, 6.45) is 0. The van der Waals surface area contributed by atoms with Crippen LogP contribution in [0.1, 0.15) is 13.8 Å². The lowest BCUT2D eigenvalue weighted by molar-refractivity contribution is 1.13. The van der Waals surface area contributed by atoms with Crippen molar-refractivity contribution in [2.24, 2.45) is 0 Å². The minimum atomic E-state index is 0.974. The fourth-order valence-corrected chi connectivity index (χ4v) is 6.53. The van der Waals surface area contributed by atoms with Crippen LogP contribution >= 0.6 is 0 Å². The van der Waals surface area contributed by atoms with Gasteiger partial charge in [0.15, 0.2) is 0 Å². The highest BCUT2D eigenvalue weighted by Crippen LogP contribution is 2.36. The van der Waals surface area contributed by atoms with Gasteiger partial charge in [0.1, 0.15) is 0 Å². The molecule has 0 aliphatic rings. The van der Waals surface area contributed by atoms with Gasteiger partial charge in [0.05, 0.1) is 44.5 Å². The molecule has 9 aromatic rings. The standard InChI is InChI=1S/C40H26N4.C2H6/c1-3-12-27(13-4-1)33-22-24-37-39(41-33)31-18-7-9-20-35(31)43(37)29-16-11-17-30(26-29)44-36-21-10-8-19-32(36)40-38(44)25-23-34(42-40)28-14-5-2-6-15-28;1-2/h1-26H;1-2H3. The zero-order chi connectivity index (χ0) is 31.0. The second-order valence-electron chi connectivity index (χ2n) is 11.1. The Balaban J connectivity index is 0.00000153. The average Bonchev–Trinajstić information content (AvgIpc) is 3.65. The van der Waals surface area contributed by atoms with Crippen molar-refractivity contribution in [1.82, 2.24) is 19.1 Å². The predicted molar refractivity (Wildman–Crippen MR) is 193 cm³/mol. The smallest absolute Gasteiger partial charge is 0.0970 e. The quantitative estimate of drug-likeness (QED) is 0.204. The van der Waals surface area contributed by atoms with Crippen molar-refractivity contribution in [3.8, 4) is 33.9 Å². The van der Waals surface area contributed by atoms with Gasteiger partial charge in [-0.1, -0.05) is 117 Å². The highest BCUT2D eigenvalue weighted by atomic mass is 15.0. The molecule has 4 aromatic heterocycles. The van der Waals surface area contributed by atoms with E-state index in [2.05, 4.69) is 155 Å². The monoisotopic (exact) mass is 592 g/mol. The topological polar surface area (TPSA) is 35.6 Å². The summed E-state index contributed by atoms with van der Waals surface area (Å²) in [5, 5.41) is 2.28. The largest absolute Gasteiger partial charge is 0.308 e. The number of hydrogen-bond donors (Lipinski definition) is 0. The van der Waals surface area contributed by atoms with E-state index < -0.39 is 0 Å². The lowest BCUT2D eigenvalue weighted by Gasteiger charge is -2.13. The minimum Gasteiger partial charge on any atom is -0.308 e. The van der Waals surface area contributed by atoms with Crippen molar-refractivity contribution >= 4 is 43.9 Å². The SMILES string of the molecule is CC.c1ccc(-c2ccc3c(n2)c2ccccc2n3-c2cccc(-n3c4ccccc4c4nc(-c5ccccc5)ccc43)c2)cc1. The fraction of sp³-hybridized carbons (Fsp3) is 0.0476. The molecule has 4 heteroatoms. The van der Waals surface area contributed by atoms with Gasteiger partial charge in [-0.05, 0) is 54.6 Å². The van der Waals surface area contributed by atoms with Gasteiger partial charge < -0.3 is 9.13 Å². The zero-order valence-electron chi connectivity index (χ0n) is 25.8. The molecule has 0 atom stereocenters. The maximum Gasteiger partial charge on any atom is 0.0970 e. The predicted octanol–water partition coefficient (Wildman–Crippen LogP) is 11.0. The van der Waals surface area contributed by atoms with Gasteiger partial charge in [-0.3, -0.25) is 0 Å². The summed E-state index contributed by atoms with van der Waals surface area (Å²) in [4.78, 5) is 10.3. The van der Waals surface area contributed by atoms with Crippen molar-refractivity contribution in [3.63, 3.8) is 0 Å². The summed E-state index contributed by atoms with van der Waals surface area (Å²) in [5.41, 5.74) is 12.8. The molecule has 0 radical (unpaired) electrons. The van der Waals surface area contributed by atoms with Gasteiger partial charge in [0, 0.05) is 33.3 Å². The molecule has 0 fully saturated rings. The highest BCUT2D eigenvalue weighted by Gasteiger charge is 2.17. The van der Waals surface area contributed by atoms with E-state index >= 15 is 0 Å². The van der Waals surface area contributed by atoms with Crippen LogP contribution in [0.4, 0.5) is 0 Å². The van der Waals surface area contributed by atoms with E-state index in [1.165, 1.54) is 0 Å². The van der Waals surface area contributed by atoms with Gasteiger partial charge in [-0.25, -0.2) is 9.97 Å². The van der Waals surface area contributed by atoms with E-state index in [1.54, 1.807) is 0 Å². The molecule has 4 nitrogen and oxygen atoms in total. The second kappa shape index (κ2) is 11.5.